The zero-order valence-electron chi connectivity index (χ0n) is 11.7. The summed E-state index contributed by atoms with van der Waals surface area (Å²) in [6.45, 7) is 1.80. The van der Waals surface area contributed by atoms with Crippen molar-refractivity contribution in [2.75, 3.05) is 25.6 Å². The van der Waals surface area contributed by atoms with Gasteiger partial charge in [-0.15, -0.1) is 0 Å². The highest BCUT2D eigenvalue weighted by Gasteiger charge is 2.02. The molecule has 2 aromatic rings. The average Bonchev–Trinajstić information content (AvgIpc) is 2.49. The van der Waals surface area contributed by atoms with E-state index in [2.05, 4.69) is 21.2 Å². The smallest absolute Gasteiger partial charge is 0.121 e. The first-order chi connectivity index (χ1) is 10.2. The van der Waals surface area contributed by atoms with Crippen molar-refractivity contribution in [2.24, 2.45) is 0 Å². The average molecular weight is 371 g/mol. The maximum Gasteiger partial charge on any atom is 0.121 e. The molecule has 0 spiro atoms. The minimum atomic E-state index is 0.541. The van der Waals surface area contributed by atoms with E-state index in [-0.39, 0.29) is 0 Å². The molecule has 1 N–H and O–H groups in total. The van der Waals surface area contributed by atoms with Gasteiger partial charge >= 0.3 is 0 Å². The molecule has 21 heavy (non-hydrogen) atoms. The van der Waals surface area contributed by atoms with Crippen molar-refractivity contribution >= 4 is 33.2 Å². The molecule has 0 amide bonds. The van der Waals surface area contributed by atoms with E-state index in [1.165, 1.54) is 0 Å². The Hall–Kier alpha value is -1.23. The summed E-state index contributed by atoms with van der Waals surface area (Å²) in [7, 11) is 1.66. The number of anilines is 1. The van der Waals surface area contributed by atoms with Crippen LogP contribution in [-0.4, -0.2) is 20.3 Å². The molecule has 0 radical (unpaired) electrons. The quantitative estimate of drug-likeness (QED) is 0.714. The zero-order valence-corrected chi connectivity index (χ0v) is 14.1. The molecule has 0 aliphatic heterocycles. The van der Waals surface area contributed by atoms with E-state index in [9.17, 15) is 0 Å². The minimum absolute atomic E-state index is 0.541. The highest BCUT2D eigenvalue weighted by Crippen LogP contribution is 2.23. The second-order valence-electron chi connectivity index (χ2n) is 4.46. The molecule has 0 aliphatic rings. The van der Waals surface area contributed by atoms with E-state index in [0.29, 0.717) is 19.8 Å². The molecular formula is C16H17BrClNO2. The lowest BCUT2D eigenvalue weighted by Gasteiger charge is -2.11. The van der Waals surface area contributed by atoms with Crippen LogP contribution >= 0.6 is 27.5 Å². The van der Waals surface area contributed by atoms with Crippen molar-refractivity contribution in [2.45, 2.75) is 6.54 Å². The predicted octanol–water partition coefficient (Wildman–Crippen LogP) is 4.74. The van der Waals surface area contributed by atoms with Gasteiger partial charge < -0.3 is 14.8 Å². The third-order valence-corrected chi connectivity index (χ3v) is 3.89. The Balaban J connectivity index is 1.96. The van der Waals surface area contributed by atoms with Gasteiger partial charge in [-0.2, -0.15) is 0 Å². The van der Waals surface area contributed by atoms with Gasteiger partial charge in [0.25, 0.3) is 0 Å². The topological polar surface area (TPSA) is 30.5 Å². The Morgan fingerprint density at radius 3 is 2.81 bits per heavy atom. The van der Waals surface area contributed by atoms with Gasteiger partial charge in [-0.05, 0) is 35.9 Å². The van der Waals surface area contributed by atoms with Crippen molar-refractivity contribution < 1.29 is 9.47 Å². The molecule has 3 nitrogen and oxygen atoms in total. The van der Waals surface area contributed by atoms with Gasteiger partial charge in [-0.1, -0.05) is 33.6 Å². The van der Waals surface area contributed by atoms with Gasteiger partial charge in [0, 0.05) is 34.9 Å². The van der Waals surface area contributed by atoms with Gasteiger partial charge in [-0.25, -0.2) is 0 Å². The summed E-state index contributed by atoms with van der Waals surface area (Å²) in [5, 5.41) is 4.09. The molecule has 0 fully saturated rings. The normalized spacial score (nSPS) is 10.4. The summed E-state index contributed by atoms with van der Waals surface area (Å²) >= 11 is 9.54. The lowest BCUT2D eigenvalue weighted by atomic mass is 10.2. The Labute approximate surface area is 138 Å². The Bertz CT molecular complexity index is 592. The van der Waals surface area contributed by atoms with E-state index in [4.69, 9.17) is 21.1 Å². The summed E-state index contributed by atoms with van der Waals surface area (Å²) in [4.78, 5) is 0. The summed E-state index contributed by atoms with van der Waals surface area (Å²) < 4.78 is 11.6. The van der Waals surface area contributed by atoms with E-state index < -0.39 is 0 Å². The van der Waals surface area contributed by atoms with Gasteiger partial charge in [0.05, 0.1) is 6.61 Å². The first-order valence-corrected chi connectivity index (χ1v) is 7.76. The van der Waals surface area contributed by atoms with Crippen LogP contribution in [0.15, 0.2) is 46.9 Å². The summed E-state index contributed by atoms with van der Waals surface area (Å²) in [5.74, 6) is 0.821. The third kappa shape index (κ3) is 5.23. The second kappa shape index (κ2) is 8.27. The van der Waals surface area contributed by atoms with Gasteiger partial charge in [0.2, 0.25) is 0 Å². The number of benzene rings is 2. The molecule has 5 heteroatoms. The first kappa shape index (κ1) is 16.1. The fourth-order valence-corrected chi connectivity index (χ4v) is 2.40. The molecule has 0 unspecified atom stereocenters. The monoisotopic (exact) mass is 369 g/mol. The second-order valence-corrected chi connectivity index (χ2v) is 5.75. The zero-order chi connectivity index (χ0) is 15.1. The number of ether oxygens (including phenoxy) is 2. The van der Waals surface area contributed by atoms with E-state index in [1.807, 2.05) is 42.5 Å². The van der Waals surface area contributed by atoms with Crippen LogP contribution in [0.5, 0.6) is 5.75 Å². The van der Waals surface area contributed by atoms with Crippen LogP contribution in [0.4, 0.5) is 5.69 Å². The molecule has 0 bridgehead atoms. The molecule has 0 aromatic heterocycles. The number of hydrogen-bond acceptors (Lipinski definition) is 3. The lowest BCUT2D eigenvalue weighted by molar-refractivity contribution is 0.146. The number of hydrogen-bond donors (Lipinski definition) is 1. The SMILES string of the molecule is COCCOc1cccc(NCc2cc(Cl)ccc2Br)c1. The van der Waals surface area contributed by atoms with Crippen molar-refractivity contribution in [3.8, 4) is 5.75 Å². The Morgan fingerprint density at radius 1 is 1.14 bits per heavy atom. The molecule has 0 heterocycles. The van der Waals surface area contributed by atoms with Gasteiger partial charge in [-0.3, -0.25) is 0 Å². The highest BCUT2D eigenvalue weighted by atomic mass is 79.9. The first-order valence-electron chi connectivity index (χ1n) is 6.58. The minimum Gasteiger partial charge on any atom is -0.491 e. The highest BCUT2D eigenvalue weighted by molar-refractivity contribution is 9.10. The fraction of sp³-hybridized carbons (Fsp3) is 0.250. The van der Waals surface area contributed by atoms with Crippen molar-refractivity contribution in [1.29, 1.82) is 0 Å². The summed E-state index contributed by atoms with van der Waals surface area (Å²) in [6.07, 6.45) is 0. The standard InChI is InChI=1S/C16H17BrClNO2/c1-20-7-8-21-15-4-2-3-14(10-15)19-11-12-9-13(18)5-6-16(12)17/h2-6,9-10,19H,7-8,11H2,1H3. The van der Waals surface area contributed by atoms with Crippen LogP contribution in [0.2, 0.25) is 5.02 Å². The molecule has 2 aromatic carbocycles. The third-order valence-electron chi connectivity index (χ3n) is 2.88. The van der Waals surface area contributed by atoms with Crippen LogP contribution in [0.25, 0.3) is 0 Å². The fourth-order valence-electron chi connectivity index (χ4n) is 1.81. The van der Waals surface area contributed by atoms with E-state index in [1.54, 1.807) is 7.11 Å². The van der Waals surface area contributed by atoms with Gasteiger partial charge in [0.15, 0.2) is 0 Å². The van der Waals surface area contributed by atoms with E-state index in [0.717, 1.165) is 26.5 Å². The predicted molar refractivity (Wildman–Crippen MR) is 90.3 cm³/mol. The molecule has 2 rings (SSSR count). The van der Waals surface area contributed by atoms with Crippen molar-refractivity contribution in [3.05, 3.63) is 57.5 Å². The van der Waals surface area contributed by atoms with Crippen LogP contribution in [-0.2, 0) is 11.3 Å². The van der Waals surface area contributed by atoms with Crippen molar-refractivity contribution in [3.63, 3.8) is 0 Å². The summed E-state index contributed by atoms with van der Waals surface area (Å²) in [6, 6.07) is 13.6. The summed E-state index contributed by atoms with van der Waals surface area (Å²) in [5.41, 5.74) is 2.10. The van der Waals surface area contributed by atoms with Gasteiger partial charge in [0.1, 0.15) is 12.4 Å². The molecule has 112 valence electrons. The van der Waals surface area contributed by atoms with Crippen LogP contribution in [0.3, 0.4) is 0 Å². The molecule has 0 saturated carbocycles. The largest absolute Gasteiger partial charge is 0.491 e. The number of halogens is 2. The molecule has 0 atom stereocenters. The van der Waals surface area contributed by atoms with Crippen LogP contribution < -0.4 is 10.1 Å². The number of nitrogens with one attached hydrogen (secondary N) is 1. The van der Waals surface area contributed by atoms with Crippen molar-refractivity contribution in [1.82, 2.24) is 0 Å². The maximum absolute atomic E-state index is 6.01. The molecular weight excluding hydrogens is 354 g/mol. The lowest BCUT2D eigenvalue weighted by Crippen LogP contribution is -2.05. The molecule has 0 saturated heterocycles. The maximum atomic E-state index is 6.01. The Kier molecular flexibility index (Phi) is 6.36. The van der Waals surface area contributed by atoms with Crippen LogP contribution in [0.1, 0.15) is 5.56 Å². The van der Waals surface area contributed by atoms with Crippen LogP contribution in [0, 0.1) is 0 Å². The van der Waals surface area contributed by atoms with E-state index >= 15 is 0 Å². The number of rotatable bonds is 7. The Morgan fingerprint density at radius 2 is 2.00 bits per heavy atom. The number of methoxy groups -OCH3 is 1. The molecule has 0 aliphatic carbocycles.